The first-order valence-corrected chi connectivity index (χ1v) is 3.74. The largest absolute Gasteiger partial charge is 0.274 e. The van der Waals surface area contributed by atoms with Crippen LogP contribution in [-0.2, 0) is 0 Å². The van der Waals surface area contributed by atoms with E-state index in [9.17, 15) is 0 Å². The van der Waals surface area contributed by atoms with Gasteiger partial charge in [0.15, 0.2) is 0 Å². The minimum absolute atomic E-state index is 0.385. The minimum Gasteiger partial charge on any atom is -0.274 e. The molecule has 0 aromatic rings. The second-order valence-corrected chi connectivity index (χ2v) is 2.84. The van der Waals surface area contributed by atoms with Gasteiger partial charge in [-0.1, -0.05) is 20.4 Å². The monoisotopic (exact) mass is 152 g/mol. The summed E-state index contributed by atoms with van der Waals surface area (Å²) in [7, 11) is 1.76. The molecule has 62 valence electrons. The molecule has 0 saturated carbocycles. The average Bonchev–Trinajstić information content (AvgIpc) is 1.87. The number of allylic oxidation sites excluding steroid dienone is 1. The number of nitrogens with zero attached hydrogens (tertiary/aromatic N) is 2. The van der Waals surface area contributed by atoms with Crippen LogP contribution in [0.1, 0.15) is 20.8 Å². The number of aliphatic imine (C=N–C) groups is 2. The summed E-state index contributed by atoms with van der Waals surface area (Å²) in [5.74, 6) is 1.25. The molecule has 0 aliphatic rings. The van der Waals surface area contributed by atoms with E-state index < -0.39 is 0 Å². The predicted octanol–water partition coefficient (Wildman–Crippen LogP) is 2.32. The Balaban J connectivity index is 4.22. The second-order valence-electron chi connectivity index (χ2n) is 2.84. The second kappa shape index (κ2) is 4.83. The third kappa shape index (κ3) is 4.48. The van der Waals surface area contributed by atoms with Gasteiger partial charge in [0.05, 0.1) is 0 Å². The molecule has 0 fully saturated rings. The smallest absolute Gasteiger partial charge is 0.125 e. The Kier molecular flexibility index (Phi) is 4.42. The lowest BCUT2D eigenvalue weighted by Crippen LogP contribution is -2.04. The first-order chi connectivity index (χ1) is 5.07. The van der Waals surface area contributed by atoms with Crippen LogP contribution in [0.4, 0.5) is 0 Å². The van der Waals surface area contributed by atoms with Gasteiger partial charge >= 0.3 is 0 Å². The average molecular weight is 152 g/mol. The molecule has 0 heterocycles. The first kappa shape index (κ1) is 10.1. The Labute approximate surface area is 68.8 Å². The lowest BCUT2D eigenvalue weighted by atomic mass is 10.2. The van der Waals surface area contributed by atoms with Crippen molar-refractivity contribution in [2.24, 2.45) is 15.9 Å². The van der Waals surface area contributed by atoms with Gasteiger partial charge < -0.3 is 0 Å². The van der Waals surface area contributed by atoms with Gasteiger partial charge in [-0.05, 0) is 12.5 Å². The number of hydrogen-bond acceptors (Lipinski definition) is 1. The lowest BCUT2D eigenvalue weighted by Gasteiger charge is -2.01. The molecule has 0 radical (unpaired) electrons. The van der Waals surface area contributed by atoms with Crippen LogP contribution in [0.3, 0.4) is 0 Å². The maximum atomic E-state index is 4.17. The van der Waals surface area contributed by atoms with Gasteiger partial charge in [-0.15, -0.1) is 0 Å². The van der Waals surface area contributed by atoms with E-state index in [0.29, 0.717) is 5.92 Å². The highest BCUT2D eigenvalue weighted by Crippen LogP contribution is 1.97. The van der Waals surface area contributed by atoms with Crippen LogP contribution in [0.2, 0.25) is 0 Å². The molecule has 0 aromatic carbocycles. The molecular weight excluding hydrogens is 136 g/mol. The fourth-order valence-electron chi connectivity index (χ4n) is 0.641. The van der Waals surface area contributed by atoms with Crippen molar-refractivity contribution in [3.8, 4) is 0 Å². The van der Waals surface area contributed by atoms with Crippen LogP contribution >= 0.6 is 0 Å². The standard InChI is InChI=1S/C9H16N2/c1-7(2)6-11-9(10-5)8(3)4/h6,8H,1H2,2-5H3. The van der Waals surface area contributed by atoms with Gasteiger partial charge in [-0.25, -0.2) is 4.99 Å². The molecule has 0 aliphatic heterocycles. The molecule has 0 unspecified atom stereocenters. The normalized spacial score (nSPS) is 13.0. The van der Waals surface area contributed by atoms with E-state index in [1.807, 2.05) is 6.92 Å². The summed E-state index contributed by atoms with van der Waals surface area (Å²) in [5, 5.41) is 0. The molecule has 0 bridgehead atoms. The Bertz CT molecular complexity index is 188. The SMILES string of the molecule is C=C(C)C=NC(=NC)C(C)C. The Hall–Kier alpha value is -0.920. The van der Waals surface area contributed by atoms with Crippen molar-refractivity contribution in [1.29, 1.82) is 0 Å². The fraction of sp³-hybridized carbons (Fsp3) is 0.556. The van der Waals surface area contributed by atoms with Gasteiger partial charge in [0.1, 0.15) is 5.84 Å². The Morgan fingerprint density at radius 1 is 1.45 bits per heavy atom. The summed E-state index contributed by atoms with van der Waals surface area (Å²) in [5.41, 5.74) is 0.951. The van der Waals surface area contributed by atoms with E-state index in [1.54, 1.807) is 13.3 Å². The van der Waals surface area contributed by atoms with Gasteiger partial charge in [0.2, 0.25) is 0 Å². The fourth-order valence-corrected chi connectivity index (χ4v) is 0.641. The first-order valence-electron chi connectivity index (χ1n) is 3.74. The summed E-state index contributed by atoms with van der Waals surface area (Å²) < 4.78 is 0. The highest BCUT2D eigenvalue weighted by Gasteiger charge is 1.99. The van der Waals surface area contributed by atoms with Crippen molar-refractivity contribution >= 4 is 12.1 Å². The summed E-state index contributed by atoms with van der Waals surface area (Å²) in [4.78, 5) is 8.20. The zero-order valence-corrected chi connectivity index (χ0v) is 7.76. The molecule has 2 heteroatoms. The van der Waals surface area contributed by atoms with E-state index in [2.05, 4.69) is 30.4 Å². The third-order valence-corrected chi connectivity index (χ3v) is 1.16. The number of amidine groups is 1. The molecule has 0 aliphatic carbocycles. The van der Waals surface area contributed by atoms with Crippen LogP contribution in [0.5, 0.6) is 0 Å². The van der Waals surface area contributed by atoms with Crippen molar-refractivity contribution in [1.82, 2.24) is 0 Å². The maximum absolute atomic E-state index is 4.17. The van der Waals surface area contributed by atoms with E-state index in [-0.39, 0.29) is 0 Å². The molecule has 2 nitrogen and oxygen atoms in total. The summed E-state index contributed by atoms with van der Waals surface area (Å²) >= 11 is 0. The molecule has 0 atom stereocenters. The summed E-state index contributed by atoms with van der Waals surface area (Å²) in [6, 6.07) is 0. The predicted molar refractivity (Wildman–Crippen MR) is 51.5 cm³/mol. The molecule has 0 saturated heterocycles. The highest BCUT2D eigenvalue weighted by molar-refractivity contribution is 5.94. The zero-order chi connectivity index (χ0) is 8.85. The minimum atomic E-state index is 0.385. The zero-order valence-electron chi connectivity index (χ0n) is 7.76. The third-order valence-electron chi connectivity index (χ3n) is 1.16. The lowest BCUT2D eigenvalue weighted by molar-refractivity contribution is 0.870. The van der Waals surface area contributed by atoms with Crippen molar-refractivity contribution in [2.45, 2.75) is 20.8 Å². The van der Waals surface area contributed by atoms with Crippen LogP contribution in [-0.4, -0.2) is 19.1 Å². The summed E-state index contributed by atoms with van der Waals surface area (Å²) in [6.45, 7) is 9.77. The van der Waals surface area contributed by atoms with Crippen LogP contribution in [0, 0.1) is 5.92 Å². The number of hydrogen-bond donors (Lipinski definition) is 0. The van der Waals surface area contributed by atoms with Crippen LogP contribution < -0.4 is 0 Å². The van der Waals surface area contributed by atoms with Crippen LogP contribution in [0.15, 0.2) is 22.1 Å². The van der Waals surface area contributed by atoms with E-state index in [0.717, 1.165) is 11.4 Å². The quantitative estimate of drug-likeness (QED) is 0.428. The molecule has 11 heavy (non-hydrogen) atoms. The molecular formula is C9H16N2. The topological polar surface area (TPSA) is 24.7 Å². The van der Waals surface area contributed by atoms with Crippen molar-refractivity contribution in [3.05, 3.63) is 12.2 Å². The van der Waals surface area contributed by atoms with Crippen molar-refractivity contribution in [2.75, 3.05) is 7.05 Å². The molecule has 0 rings (SSSR count). The van der Waals surface area contributed by atoms with E-state index >= 15 is 0 Å². The molecule has 0 aromatic heterocycles. The van der Waals surface area contributed by atoms with Gasteiger partial charge in [0.25, 0.3) is 0 Å². The van der Waals surface area contributed by atoms with Crippen LogP contribution in [0.25, 0.3) is 0 Å². The van der Waals surface area contributed by atoms with Gasteiger partial charge in [-0.3, -0.25) is 4.99 Å². The molecule has 0 amide bonds. The van der Waals surface area contributed by atoms with Gasteiger partial charge in [0, 0.05) is 19.2 Å². The Morgan fingerprint density at radius 3 is 2.27 bits per heavy atom. The van der Waals surface area contributed by atoms with Gasteiger partial charge in [-0.2, -0.15) is 0 Å². The molecule has 0 spiro atoms. The highest BCUT2D eigenvalue weighted by atomic mass is 14.9. The van der Waals surface area contributed by atoms with E-state index in [4.69, 9.17) is 0 Å². The van der Waals surface area contributed by atoms with E-state index in [1.165, 1.54) is 0 Å². The van der Waals surface area contributed by atoms with Crippen molar-refractivity contribution in [3.63, 3.8) is 0 Å². The molecule has 0 N–H and O–H groups in total. The Morgan fingerprint density at radius 2 is 2.00 bits per heavy atom. The van der Waals surface area contributed by atoms with Crippen molar-refractivity contribution < 1.29 is 0 Å². The summed E-state index contributed by atoms with van der Waals surface area (Å²) in [6.07, 6.45) is 1.74. The number of rotatable bonds is 2. The maximum Gasteiger partial charge on any atom is 0.125 e.